The highest BCUT2D eigenvalue weighted by Gasteiger charge is 2.47. The topological polar surface area (TPSA) is 70.1 Å². The van der Waals surface area contributed by atoms with Crippen LogP contribution < -0.4 is 14.4 Å². The van der Waals surface area contributed by atoms with Gasteiger partial charge in [0, 0.05) is 34.7 Å². The third kappa shape index (κ3) is 6.18. The van der Waals surface area contributed by atoms with Gasteiger partial charge in [-0.3, -0.25) is 9.78 Å². The third-order valence-corrected chi connectivity index (χ3v) is 7.55. The molecule has 1 amide bonds. The zero-order chi connectivity index (χ0) is 28.6. The molecule has 1 atom stereocenters. The van der Waals surface area contributed by atoms with Gasteiger partial charge in [0.15, 0.2) is 12.9 Å². The second-order valence-electron chi connectivity index (χ2n) is 10.8. The first-order valence-corrected chi connectivity index (χ1v) is 13.8. The highest BCUT2D eigenvalue weighted by Crippen LogP contribution is 2.43. The van der Waals surface area contributed by atoms with Crippen LogP contribution in [-0.2, 0) is 16.0 Å². The van der Waals surface area contributed by atoms with Crippen molar-refractivity contribution in [1.29, 1.82) is 0 Å². The number of aromatic nitrogens is 1. The molecule has 3 heterocycles. The van der Waals surface area contributed by atoms with Crippen LogP contribution in [0.15, 0.2) is 54.6 Å². The van der Waals surface area contributed by atoms with Crippen LogP contribution in [0.3, 0.4) is 0 Å². The fourth-order valence-corrected chi connectivity index (χ4v) is 5.26. The van der Waals surface area contributed by atoms with Crippen molar-refractivity contribution in [1.82, 2.24) is 4.98 Å². The molecule has 1 saturated carbocycles. The van der Waals surface area contributed by atoms with Gasteiger partial charge in [-0.05, 0) is 81.5 Å². The minimum Gasteiger partial charge on any atom is -0.491 e. The first kappa shape index (κ1) is 27.5. The molecule has 3 aromatic rings. The molecule has 2 aromatic carbocycles. The number of ether oxygens (including phenoxy) is 4. The summed E-state index contributed by atoms with van der Waals surface area (Å²) in [6.07, 6.45) is 0.321. The number of amides is 1. The standard InChI is InChI=1S/C31H31F3N2O5/c1-20-16-24-25(28(35-20)23-6-2-3-7-26(23)40-19-31(32,33)34)17-36(29(24)37)21-9-11-22(12-10-21)39-18-30(13-14-30)41-27-8-4-5-15-38-27/h2-3,6-7,9-12,16,27H,4-5,8,13-15,17-19H2,1H3/t27-/m1/s1. The number of pyridine rings is 1. The van der Waals surface area contributed by atoms with Crippen molar-refractivity contribution in [2.24, 2.45) is 0 Å². The second kappa shape index (κ2) is 11.0. The maximum absolute atomic E-state index is 13.5. The van der Waals surface area contributed by atoms with E-state index < -0.39 is 12.8 Å². The SMILES string of the molecule is Cc1cc2c(c(-c3ccccc3OCC(F)(F)F)n1)CN(c1ccc(OCC3(O[C@@H]4CCCCO4)CC3)cc1)C2=O. The van der Waals surface area contributed by atoms with Crippen molar-refractivity contribution in [2.75, 3.05) is 24.7 Å². The van der Waals surface area contributed by atoms with Crippen LogP contribution in [0.5, 0.6) is 11.5 Å². The van der Waals surface area contributed by atoms with E-state index in [1.54, 1.807) is 36.1 Å². The average molecular weight is 569 g/mol. The van der Waals surface area contributed by atoms with Crippen molar-refractivity contribution in [3.8, 4) is 22.8 Å². The smallest absolute Gasteiger partial charge is 0.422 e. The molecule has 1 saturated heterocycles. The van der Waals surface area contributed by atoms with Gasteiger partial charge in [0.25, 0.3) is 5.91 Å². The molecule has 1 aromatic heterocycles. The number of rotatable bonds is 9. The van der Waals surface area contributed by atoms with Crippen LogP contribution >= 0.6 is 0 Å². The predicted molar refractivity (Wildman–Crippen MR) is 145 cm³/mol. The van der Waals surface area contributed by atoms with E-state index >= 15 is 0 Å². The summed E-state index contributed by atoms with van der Waals surface area (Å²) >= 11 is 0. The van der Waals surface area contributed by atoms with Crippen molar-refractivity contribution < 1.29 is 36.9 Å². The number of hydrogen-bond acceptors (Lipinski definition) is 6. The molecule has 0 radical (unpaired) electrons. The minimum atomic E-state index is -4.48. The van der Waals surface area contributed by atoms with Crippen molar-refractivity contribution in [3.63, 3.8) is 0 Å². The Morgan fingerprint density at radius 3 is 2.54 bits per heavy atom. The monoisotopic (exact) mass is 568 g/mol. The van der Waals surface area contributed by atoms with Crippen molar-refractivity contribution in [2.45, 2.75) is 63.6 Å². The predicted octanol–water partition coefficient (Wildman–Crippen LogP) is 6.61. The second-order valence-corrected chi connectivity index (χ2v) is 10.8. The first-order valence-electron chi connectivity index (χ1n) is 13.8. The summed E-state index contributed by atoms with van der Waals surface area (Å²) < 4.78 is 61.7. The van der Waals surface area contributed by atoms with Crippen LogP contribution in [0.4, 0.5) is 18.9 Å². The van der Waals surface area contributed by atoms with Crippen LogP contribution in [-0.4, -0.2) is 48.8 Å². The molecule has 41 heavy (non-hydrogen) atoms. The highest BCUT2D eigenvalue weighted by atomic mass is 19.4. The number of halogens is 3. The van der Waals surface area contributed by atoms with Gasteiger partial charge in [0.2, 0.25) is 0 Å². The van der Waals surface area contributed by atoms with E-state index in [2.05, 4.69) is 4.98 Å². The van der Waals surface area contributed by atoms with E-state index in [-0.39, 0.29) is 30.1 Å². The highest BCUT2D eigenvalue weighted by molar-refractivity contribution is 6.11. The van der Waals surface area contributed by atoms with E-state index in [1.165, 1.54) is 6.07 Å². The number of anilines is 1. The lowest BCUT2D eigenvalue weighted by atomic mass is 10.0. The Morgan fingerprint density at radius 1 is 1.05 bits per heavy atom. The summed E-state index contributed by atoms with van der Waals surface area (Å²) in [6, 6.07) is 15.4. The molecular formula is C31H31F3N2O5. The van der Waals surface area contributed by atoms with Crippen molar-refractivity contribution >= 4 is 11.6 Å². The van der Waals surface area contributed by atoms with Crippen LogP contribution in [0.1, 0.15) is 53.7 Å². The lowest BCUT2D eigenvalue weighted by Crippen LogP contribution is -2.33. The largest absolute Gasteiger partial charge is 0.491 e. The van der Waals surface area contributed by atoms with Gasteiger partial charge in [0.1, 0.15) is 23.7 Å². The van der Waals surface area contributed by atoms with Gasteiger partial charge in [0.05, 0.1) is 12.2 Å². The fourth-order valence-electron chi connectivity index (χ4n) is 5.26. The summed E-state index contributed by atoms with van der Waals surface area (Å²) in [5.74, 6) is 0.531. The summed E-state index contributed by atoms with van der Waals surface area (Å²) in [5.41, 5.74) is 2.91. The fraction of sp³-hybridized carbons (Fsp3) is 0.419. The molecule has 0 spiro atoms. The van der Waals surface area contributed by atoms with Crippen LogP contribution in [0.25, 0.3) is 11.3 Å². The number of carbonyl (C=O) groups is 1. The molecule has 1 aliphatic carbocycles. The Balaban J connectivity index is 1.17. The summed E-state index contributed by atoms with van der Waals surface area (Å²) in [7, 11) is 0. The zero-order valence-electron chi connectivity index (χ0n) is 22.7. The maximum atomic E-state index is 13.5. The van der Waals surface area contributed by atoms with E-state index in [4.69, 9.17) is 18.9 Å². The number of fused-ring (bicyclic) bond motifs is 1. The molecule has 3 aliphatic rings. The average Bonchev–Trinajstić information content (AvgIpc) is 3.65. The first-order chi connectivity index (χ1) is 19.7. The van der Waals surface area contributed by atoms with E-state index in [0.29, 0.717) is 46.1 Å². The lowest BCUT2D eigenvalue weighted by molar-refractivity contribution is -0.202. The lowest BCUT2D eigenvalue weighted by Gasteiger charge is -2.27. The molecule has 10 heteroatoms. The Morgan fingerprint density at radius 2 is 1.83 bits per heavy atom. The number of para-hydroxylation sites is 1. The number of benzene rings is 2. The molecular weight excluding hydrogens is 537 g/mol. The summed E-state index contributed by atoms with van der Waals surface area (Å²) in [6.45, 7) is 1.73. The van der Waals surface area contributed by atoms with Gasteiger partial charge < -0.3 is 23.8 Å². The Labute approximate surface area is 236 Å². The van der Waals surface area contributed by atoms with Gasteiger partial charge in [-0.25, -0.2) is 0 Å². The number of nitrogens with zero attached hydrogens (tertiary/aromatic N) is 2. The van der Waals surface area contributed by atoms with E-state index in [9.17, 15) is 18.0 Å². The summed E-state index contributed by atoms with van der Waals surface area (Å²) in [5, 5.41) is 0. The Kier molecular flexibility index (Phi) is 7.37. The van der Waals surface area contributed by atoms with Gasteiger partial charge in [-0.15, -0.1) is 0 Å². The molecule has 216 valence electrons. The Hall–Kier alpha value is -3.63. The molecule has 6 rings (SSSR count). The van der Waals surface area contributed by atoms with E-state index in [0.717, 1.165) is 38.7 Å². The minimum absolute atomic E-state index is 0.0602. The number of aryl methyl sites for hydroxylation is 1. The zero-order valence-corrected chi connectivity index (χ0v) is 22.7. The van der Waals surface area contributed by atoms with Crippen LogP contribution in [0.2, 0.25) is 0 Å². The van der Waals surface area contributed by atoms with Crippen molar-refractivity contribution in [3.05, 3.63) is 71.4 Å². The van der Waals surface area contributed by atoms with Gasteiger partial charge >= 0.3 is 6.18 Å². The van der Waals surface area contributed by atoms with Gasteiger partial charge in [-0.2, -0.15) is 13.2 Å². The molecule has 2 aliphatic heterocycles. The molecule has 0 unspecified atom stereocenters. The van der Waals surface area contributed by atoms with Crippen LogP contribution in [0, 0.1) is 6.92 Å². The normalized spacial score (nSPS) is 19.7. The quantitative estimate of drug-likeness (QED) is 0.289. The number of carbonyl (C=O) groups excluding carboxylic acids is 1. The molecule has 0 N–H and O–H groups in total. The van der Waals surface area contributed by atoms with Gasteiger partial charge in [-0.1, -0.05) is 12.1 Å². The van der Waals surface area contributed by atoms with E-state index in [1.807, 2.05) is 24.3 Å². The number of alkyl halides is 3. The molecule has 2 fully saturated rings. The third-order valence-electron chi connectivity index (χ3n) is 7.55. The maximum Gasteiger partial charge on any atom is 0.422 e. The Bertz CT molecular complexity index is 1420. The summed E-state index contributed by atoms with van der Waals surface area (Å²) in [4.78, 5) is 19.7. The molecule has 0 bridgehead atoms. The number of hydrogen-bond donors (Lipinski definition) is 0. The molecule has 7 nitrogen and oxygen atoms in total.